The van der Waals surface area contributed by atoms with Crippen LogP contribution in [0.15, 0.2) is 30.3 Å². The summed E-state index contributed by atoms with van der Waals surface area (Å²) in [6.45, 7) is 5.00. The standard InChI is InChI=1S/C16H23NO5/c1-16(2,3)22-14(19)9-13(10-18)17-15(20)21-11-12-7-5-4-6-8-12/h4-8,13,18H,9-11H2,1-3H3,(H,17,20)/t13-/m1/s1. The molecule has 1 aromatic carbocycles. The lowest BCUT2D eigenvalue weighted by atomic mass is 10.2. The lowest BCUT2D eigenvalue weighted by Crippen LogP contribution is -2.40. The molecule has 0 saturated heterocycles. The van der Waals surface area contributed by atoms with Gasteiger partial charge in [-0.2, -0.15) is 0 Å². The number of rotatable bonds is 6. The first-order valence-corrected chi connectivity index (χ1v) is 7.10. The Bertz CT molecular complexity index is 481. The highest BCUT2D eigenvalue weighted by Crippen LogP contribution is 2.09. The average molecular weight is 309 g/mol. The van der Waals surface area contributed by atoms with E-state index in [4.69, 9.17) is 9.47 Å². The van der Waals surface area contributed by atoms with Gasteiger partial charge in [0.1, 0.15) is 12.2 Å². The first-order chi connectivity index (χ1) is 10.3. The van der Waals surface area contributed by atoms with Gasteiger partial charge in [0.25, 0.3) is 0 Å². The van der Waals surface area contributed by atoms with E-state index < -0.39 is 23.7 Å². The monoisotopic (exact) mass is 309 g/mol. The fraction of sp³-hybridized carbons (Fsp3) is 0.500. The molecule has 6 heteroatoms. The van der Waals surface area contributed by atoms with E-state index in [-0.39, 0.29) is 19.6 Å². The molecule has 0 unspecified atom stereocenters. The van der Waals surface area contributed by atoms with Gasteiger partial charge < -0.3 is 19.9 Å². The molecule has 22 heavy (non-hydrogen) atoms. The highest BCUT2D eigenvalue weighted by Gasteiger charge is 2.21. The molecular weight excluding hydrogens is 286 g/mol. The summed E-state index contributed by atoms with van der Waals surface area (Å²) < 4.78 is 10.2. The van der Waals surface area contributed by atoms with E-state index in [0.29, 0.717) is 0 Å². The van der Waals surface area contributed by atoms with Crippen LogP contribution in [0.1, 0.15) is 32.8 Å². The lowest BCUT2D eigenvalue weighted by molar-refractivity contribution is -0.155. The number of nitrogens with one attached hydrogen (secondary N) is 1. The third kappa shape index (κ3) is 7.64. The summed E-state index contributed by atoms with van der Waals surface area (Å²) in [5, 5.41) is 11.7. The molecule has 0 heterocycles. The van der Waals surface area contributed by atoms with E-state index in [1.807, 2.05) is 30.3 Å². The minimum atomic E-state index is -0.738. The Balaban J connectivity index is 2.38. The number of hydrogen-bond acceptors (Lipinski definition) is 5. The Kier molecular flexibility index (Phi) is 6.85. The van der Waals surface area contributed by atoms with Crippen molar-refractivity contribution < 1.29 is 24.2 Å². The van der Waals surface area contributed by atoms with Crippen LogP contribution < -0.4 is 5.32 Å². The molecule has 6 nitrogen and oxygen atoms in total. The fourth-order valence-electron chi connectivity index (χ4n) is 1.68. The lowest BCUT2D eigenvalue weighted by Gasteiger charge is -2.22. The molecule has 0 saturated carbocycles. The second kappa shape index (κ2) is 8.38. The predicted octanol–water partition coefficient (Wildman–Crippen LogP) is 2.01. The van der Waals surface area contributed by atoms with Crippen LogP contribution >= 0.6 is 0 Å². The molecule has 0 aliphatic carbocycles. The highest BCUT2D eigenvalue weighted by molar-refractivity contribution is 5.73. The molecule has 1 atom stereocenters. The van der Waals surface area contributed by atoms with Crippen molar-refractivity contribution in [2.75, 3.05) is 6.61 Å². The number of aliphatic hydroxyl groups is 1. The smallest absolute Gasteiger partial charge is 0.407 e. The molecule has 0 aliphatic heterocycles. The number of aliphatic hydroxyl groups excluding tert-OH is 1. The molecule has 1 amide bonds. The summed E-state index contributed by atoms with van der Waals surface area (Å²) in [5.41, 5.74) is 0.246. The summed E-state index contributed by atoms with van der Waals surface area (Å²) in [4.78, 5) is 23.3. The van der Waals surface area contributed by atoms with E-state index in [1.54, 1.807) is 20.8 Å². The largest absolute Gasteiger partial charge is 0.460 e. The van der Waals surface area contributed by atoms with Crippen molar-refractivity contribution in [3.05, 3.63) is 35.9 Å². The summed E-state index contributed by atoms with van der Waals surface area (Å²) in [7, 11) is 0. The average Bonchev–Trinajstić information content (AvgIpc) is 2.43. The van der Waals surface area contributed by atoms with Crippen LogP contribution in [0.3, 0.4) is 0 Å². The zero-order valence-electron chi connectivity index (χ0n) is 13.2. The van der Waals surface area contributed by atoms with Crippen LogP contribution in [-0.2, 0) is 20.9 Å². The number of amides is 1. The van der Waals surface area contributed by atoms with Crippen LogP contribution in [0.5, 0.6) is 0 Å². The van der Waals surface area contributed by atoms with Gasteiger partial charge in [0, 0.05) is 0 Å². The van der Waals surface area contributed by atoms with Crippen LogP contribution in [0.25, 0.3) is 0 Å². The Morgan fingerprint density at radius 3 is 2.41 bits per heavy atom. The second-order valence-electron chi connectivity index (χ2n) is 5.88. The quantitative estimate of drug-likeness (QED) is 0.785. The molecule has 0 bridgehead atoms. The maximum absolute atomic E-state index is 11.7. The van der Waals surface area contributed by atoms with Gasteiger partial charge >= 0.3 is 12.1 Å². The van der Waals surface area contributed by atoms with Gasteiger partial charge in [0.05, 0.1) is 19.1 Å². The number of carbonyl (C=O) groups excluding carboxylic acids is 2. The van der Waals surface area contributed by atoms with Crippen LogP contribution in [0, 0.1) is 0 Å². The van der Waals surface area contributed by atoms with Crippen molar-refractivity contribution in [3.63, 3.8) is 0 Å². The molecule has 1 rings (SSSR count). The van der Waals surface area contributed by atoms with Crippen LogP contribution in [0.4, 0.5) is 4.79 Å². The topological polar surface area (TPSA) is 84.9 Å². The van der Waals surface area contributed by atoms with Gasteiger partial charge in [-0.1, -0.05) is 30.3 Å². The van der Waals surface area contributed by atoms with Crippen LogP contribution in [0.2, 0.25) is 0 Å². The van der Waals surface area contributed by atoms with E-state index in [9.17, 15) is 14.7 Å². The number of carbonyl (C=O) groups is 2. The molecule has 0 fully saturated rings. The van der Waals surface area contributed by atoms with Crippen LogP contribution in [-0.4, -0.2) is 35.4 Å². The number of esters is 1. The molecular formula is C16H23NO5. The second-order valence-corrected chi connectivity index (χ2v) is 5.88. The summed E-state index contributed by atoms with van der Waals surface area (Å²) in [6.07, 6.45) is -0.805. The highest BCUT2D eigenvalue weighted by atomic mass is 16.6. The molecule has 0 spiro atoms. The van der Waals surface area contributed by atoms with Crippen molar-refractivity contribution in [2.24, 2.45) is 0 Å². The third-order valence-corrected chi connectivity index (χ3v) is 2.59. The Morgan fingerprint density at radius 2 is 1.86 bits per heavy atom. The minimum absolute atomic E-state index is 0.117. The normalized spacial score (nSPS) is 12.4. The number of ether oxygens (including phenoxy) is 2. The van der Waals surface area contributed by atoms with Crippen molar-refractivity contribution >= 4 is 12.1 Å². The summed E-state index contributed by atoms with van der Waals surface area (Å²) >= 11 is 0. The molecule has 2 N–H and O–H groups in total. The number of benzene rings is 1. The minimum Gasteiger partial charge on any atom is -0.460 e. The Morgan fingerprint density at radius 1 is 1.23 bits per heavy atom. The van der Waals surface area contributed by atoms with Gasteiger partial charge in [-0.25, -0.2) is 4.79 Å². The van der Waals surface area contributed by atoms with E-state index >= 15 is 0 Å². The molecule has 122 valence electrons. The van der Waals surface area contributed by atoms with E-state index in [1.165, 1.54) is 0 Å². The predicted molar refractivity (Wildman–Crippen MR) is 81.1 cm³/mol. The third-order valence-electron chi connectivity index (χ3n) is 2.59. The van der Waals surface area contributed by atoms with Crippen molar-refractivity contribution in [2.45, 2.75) is 45.4 Å². The first-order valence-electron chi connectivity index (χ1n) is 7.10. The van der Waals surface area contributed by atoms with Gasteiger partial charge in [-0.15, -0.1) is 0 Å². The number of hydrogen-bond donors (Lipinski definition) is 2. The van der Waals surface area contributed by atoms with Gasteiger partial charge in [-0.3, -0.25) is 4.79 Å². The summed E-state index contributed by atoms with van der Waals surface area (Å²) in [5.74, 6) is -0.491. The fourth-order valence-corrected chi connectivity index (χ4v) is 1.68. The maximum atomic E-state index is 11.7. The first kappa shape index (κ1) is 18.0. The Hall–Kier alpha value is -2.08. The maximum Gasteiger partial charge on any atom is 0.407 e. The van der Waals surface area contributed by atoms with Crippen molar-refractivity contribution in [1.82, 2.24) is 5.32 Å². The van der Waals surface area contributed by atoms with Gasteiger partial charge in [0.15, 0.2) is 0 Å². The van der Waals surface area contributed by atoms with Gasteiger partial charge in [0.2, 0.25) is 0 Å². The zero-order chi connectivity index (χ0) is 16.6. The Labute approximate surface area is 130 Å². The number of alkyl carbamates (subject to hydrolysis) is 1. The zero-order valence-corrected chi connectivity index (χ0v) is 13.2. The molecule has 0 aromatic heterocycles. The molecule has 0 aliphatic rings. The van der Waals surface area contributed by atoms with Crippen molar-refractivity contribution in [1.29, 1.82) is 0 Å². The molecule has 1 aromatic rings. The van der Waals surface area contributed by atoms with Gasteiger partial charge in [-0.05, 0) is 26.3 Å². The molecule has 0 radical (unpaired) electrons. The van der Waals surface area contributed by atoms with E-state index in [2.05, 4.69) is 5.32 Å². The summed E-state index contributed by atoms with van der Waals surface area (Å²) in [6, 6.07) is 8.48. The van der Waals surface area contributed by atoms with Crippen molar-refractivity contribution in [3.8, 4) is 0 Å². The van der Waals surface area contributed by atoms with E-state index in [0.717, 1.165) is 5.56 Å². The SMILES string of the molecule is CC(C)(C)OC(=O)C[C@H](CO)NC(=O)OCc1ccccc1.